The number of nitriles is 2. The van der Waals surface area contributed by atoms with Crippen molar-refractivity contribution in [1.82, 2.24) is 19.9 Å². The van der Waals surface area contributed by atoms with Crippen LogP contribution in [0.15, 0.2) is 24.7 Å². The summed E-state index contributed by atoms with van der Waals surface area (Å²) in [6.45, 7) is -0.661. The molecule has 4 heterocycles. The minimum Gasteiger partial charge on any atom is -0.350 e. The molecule has 4 rings (SSSR count). The van der Waals surface area contributed by atoms with Gasteiger partial charge < -0.3 is 19.4 Å². The van der Waals surface area contributed by atoms with E-state index in [-0.39, 0.29) is 26.2 Å². The maximum absolute atomic E-state index is 13.6. The minimum absolute atomic E-state index is 0.0436. The SMILES string of the molecule is C[C@@H]1CN(c2ncnc3c2C(C)(COC(F)F)CN3c2cc(C#N)ccn2)[C@@H](C)CN1C(=O)C(C#N)(CF)CF. The van der Waals surface area contributed by atoms with Crippen molar-refractivity contribution in [2.45, 2.75) is 44.9 Å². The van der Waals surface area contributed by atoms with E-state index in [1.807, 2.05) is 4.90 Å². The standard InChI is InChI=1S/C26H28F4N8O2/c1-16-9-37(23(39)26(10-27,11-28)12-32)17(2)8-36(16)21-20-22(35-15-34-21)38(13-25(20,3)14-40-24(29)30)19-6-18(7-31)4-5-33-19/h4-6,15-17,24H,8-11,13-14H2,1-3H3/t16-,17+,25?/m0/s1. The van der Waals surface area contributed by atoms with Crippen LogP contribution in [0.25, 0.3) is 0 Å². The highest BCUT2D eigenvalue weighted by Gasteiger charge is 2.49. The number of hydrogen-bond donors (Lipinski definition) is 0. The molecule has 0 N–H and O–H groups in total. The molecule has 3 atom stereocenters. The molecule has 14 heteroatoms. The third kappa shape index (κ3) is 4.99. The molecule has 212 valence electrons. The number of carbonyl (C=O) groups is 1. The van der Waals surface area contributed by atoms with E-state index in [0.29, 0.717) is 28.6 Å². The summed E-state index contributed by atoms with van der Waals surface area (Å²) >= 11 is 0. The average Bonchev–Trinajstić information content (AvgIpc) is 3.27. The van der Waals surface area contributed by atoms with Crippen LogP contribution in [0.1, 0.15) is 31.9 Å². The second-order valence-electron chi connectivity index (χ2n) is 10.4. The number of hydrogen-bond acceptors (Lipinski definition) is 9. The van der Waals surface area contributed by atoms with Crippen molar-refractivity contribution in [1.29, 1.82) is 10.5 Å². The van der Waals surface area contributed by atoms with E-state index in [9.17, 15) is 32.9 Å². The Balaban J connectivity index is 1.74. The maximum atomic E-state index is 13.6. The molecule has 1 unspecified atom stereocenters. The van der Waals surface area contributed by atoms with Crippen molar-refractivity contribution in [3.05, 3.63) is 35.8 Å². The first-order valence-electron chi connectivity index (χ1n) is 12.5. The van der Waals surface area contributed by atoms with Gasteiger partial charge in [0.05, 0.1) is 24.3 Å². The average molecular weight is 561 g/mol. The monoisotopic (exact) mass is 560 g/mol. The van der Waals surface area contributed by atoms with Gasteiger partial charge in [-0.05, 0) is 26.0 Å². The summed E-state index contributed by atoms with van der Waals surface area (Å²) in [6, 6.07) is 5.68. The van der Waals surface area contributed by atoms with Gasteiger partial charge in [-0.2, -0.15) is 19.3 Å². The van der Waals surface area contributed by atoms with Gasteiger partial charge in [-0.1, -0.05) is 6.92 Å². The summed E-state index contributed by atoms with van der Waals surface area (Å²) in [4.78, 5) is 31.3. The number of anilines is 3. The Morgan fingerprint density at radius 3 is 2.50 bits per heavy atom. The van der Waals surface area contributed by atoms with Gasteiger partial charge in [-0.3, -0.25) is 4.79 Å². The summed E-state index contributed by atoms with van der Waals surface area (Å²) in [6.07, 6.45) is 2.80. The minimum atomic E-state index is -3.01. The first-order valence-corrected chi connectivity index (χ1v) is 12.5. The van der Waals surface area contributed by atoms with E-state index < -0.39 is 48.8 Å². The van der Waals surface area contributed by atoms with Crippen LogP contribution in [-0.4, -0.2) is 84.0 Å². The van der Waals surface area contributed by atoms with Gasteiger partial charge in [0.2, 0.25) is 5.91 Å². The zero-order valence-electron chi connectivity index (χ0n) is 22.2. The van der Waals surface area contributed by atoms with Gasteiger partial charge in [-0.25, -0.2) is 23.7 Å². The zero-order chi connectivity index (χ0) is 29.2. The molecule has 40 heavy (non-hydrogen) atoms. The Morgan fingerprint density at radius 2 is 1.88 bits per heavy atom. The highest BCUT2D eigenvalue weighted by atomic mass is 19.3. The molecule has 2 aromatic rings. The first kappa shape index (κ1) is 29.0. The van der Waals surface area contributed by atoms with Crippen LogP contribution < -0.4 is 9.80 Å². The fourth-order valence-corrected chi connectivity index (χ4v) is 5.26. The Kier molecular flexibility index (Phi) is 8.12. The molecule has 10 nitrogen and oxygen atoms in total. The molecule has 1 saturated heterocycles. The largest absolute Gasteiger partial charge is 0.350 e. The number of piperazine rings is 1. The van der Waals surface area contributed by atoms with E-state index in [4.69, 9.17) is 4.74 Å². The third-order valence-corrected chi connectivity index (χ3v) is 7.45. The Morgan fingerprint density at radius 1 is 1.18 bits per heavy atom. The summed E-state index contributed by atoms with van der Waals surface area (Å²) in [5.41, 5.74) is -2.54. The lowest BCUT2D eigenvalue weighted by Crippen LogP contribution is -2.62. The fourth-order valence-electron chi connectivity index (χ4n) is 5.26. The lowest BCUT2D eigenvalue weighted by Gasteiger charge is -2.47. The van der Waals surface area contributed by atoms with Crippen LogP contribution in [0.3, 0.4) is 0 Å². The highest BCUT2D eigenvalue weighted by molar-refractivity contribution is 5.86. The molecular formula is C26H28F4N8O2. The fraction of sp³-hybridized carbons (Fsp3) is 0.538. The van der Waals surface area contributed by atoms with Crippen molar-refractivity contribution >= 4 is 23.4 Å². The Labute approximate surface area is 228 Å². The summed E-state index contributed by atoms with van der Waals surface area (Å²) < 4.78 is 58.4. The molecular weight excluding hydrogens is 532 g/mol. The number of alkyl halides is 4. The highest BCUT2D eigenvalue weighted by Crippen LogP contribution is 2.47. The van der Waals surface area contributed by atoms with Gasteiger partial charge in [0.1, 0.15) is 37.1 Å². The molecule has 0 saturated carbocycles. The number of fused-ring (bicyclic) bond motifs is 1. The topological polar surface area (TPSA) is 122 Å². The van der Waals surface area contributed by atoms with Crippen molar-refractivity contribution in [2.75, 3.05) is 49.4 Å². The molecule has 0 spiro atoms. The zero-order valence-corrected chi connectivity index (χ0v) is 22.2. The quantitative estimate of drug-likeness (QED) is 0.448. The van der Waals surface area contributed by atoms with Gasteiger partial charge >= 0.3 is 6.61 Å². The van der Waals surface area contributed by atoms with Crippen LogP contribution >= 0.6 is 0 Å². The van der Waals surface area contributed by atoms with Crippen LogP contribution in [0, 0.1) is 28.1 Å². The van der Waals surface area contributed by atoms with Gasteiger partial charge in [0.25, 0.3) is 0 Å². The van der Waals surface area contributed by atoms with Crippen molar-refractivity contribution in [3.63, 3.8) is 0 Å². The lowest BCUT2D eigenvalue weighted by molar-refractivity contribution is -0.143. The summed E-state index contributed by atoms with van der Waals surface area (Å²) in [7, 11) is 0. The van der Waals surface area contributed by atoms with Gasteiger partial charge in [0.15, 0.2) is 5.41 Å². The molecule has 2 aliphatic heterocycles. The lowest BCUT2D eigenvalue weighted by atomic mass is 9.85. The molecule has 0 radical (unpaired) electrons. The van der Waals surface area contributed by atoms with Crippen LogP contribution in [0.5, 0.6) is 0 Å². The molecule has 0 bridgehead atoms. The number of carbonyl (C=O) groups excluding carboxylic acids is 1. The van der Waals surface area contributed by atoms with Crippen LogP contribution in [0.2, 0.25) is 0 Å². The summed E-state index contributed by atoms with van der Waals surface area (Å²) in [5.74, 6) is 0.313. The Hall–Kier alpha value is -4.04. The molecule has 0 aromatic carbocycles. The predicted molar refractivity (Wildman–Crippen MR) is 135 cm³/mol. The van der Waals surface area contributed by atoms with E-state index in [2.05, 4.69) is 21.0 Å². The maximum Gasteiger partial charge on any atom is 0.345 e. The predicted octanol–water partition coefficient (Wildman–Crippen LogP) is 3.27. The molecule has 2 aliphatic rings. The second-order valence-corrected chi connectivity index (χ2v) is 10.4. The number of amides is 1. The van der Waals surface area contributed by atoms with E-state index >= 15 is 0 Å². The normalized spacial score (nSPS) is 22.7. The summed E-state index contributed by atoms with van der Waals surface area (Å²) in [5, 5.41) is 18.7. The van der Waals surface area contributed by atoms with Crippen LogP contribution in [-0.2, 0) is 14.9 Å². The molecule has 1 fully saturated rings. The van der Waals surface area contributed by atoms with E-state index in [0.717, 1.165) is 0 Å². The molecule has 2 aromatic heterocycles. The Bertz CT molecular complexity index is 1340. The first-order chi connectivity index (χ1) is 19.0. The van der Waals surface area contributed by atoms with Crippen molar-refractivity contribution in [2.24, 2.45) is 5.41 Å². The number of pyridine rings is 1. The molecule has 1 amide bonds. The smallest absolute Gasteiger partial charge is 0.345 e. The van der Waals surface area contributed by atoms with Gasteiger partial charge in [-0.15, -0.1) is 0 Å². The number of aromatic nitrogens is 3. The molecule has 0 aliphatic carbocycles. The second kappa shape index (κ2) is 11.2. The van der Waals surface area contributed by atoms with E-state index in [1.54, 1.807) is 37.8 Å². The number of rotatable bonds is 8. The number of nitrogens with zero attached hydrogens (tertiary/aromatic N) is 8. The number of ether oxygens (including phenoxy) is 1. The van der Waals surface area contributed by atoms with E-state index in [1.165, 1.54) is 23.5 Å². The third-order valence-electron chi connectivity index (χ3n) is 7.45. The van der Waals surface area contributed by atoms with Gasteiger partial charge in [0, 0.05) is 48.9 Å². The van der Waals surface area contributed by atoms with Crippen molar-refractivity contribution < 1.29 is 27.1 Å². The van der Waals surface area contributed by atoms with Crippen LogP contribution in [0.4, 0.5) is 35.0 Å². The van der Waals surface area contributed by atoms with Crippen molar-refractivity contribution in [3.8, 4) is 12.1 Å². The number of halogens is 4.